The van der Waals surface area contributed by atoms with Crippen LogP contribution in [0, 0.1) is 10.1 Å². The van der Waals surface area contributed by atoms with Gasteiger partial charge in [0.1, 0.15) is 5.75 Å². The highest BCUT2D eigenvalue weighted by atomic mass is 79.9. The van der Waals surface area contributed by atoms with Crippen molar-refractivity contribution in [1.29, 1.82) is 0 Å². The quantitative estimate of drug-likeness (QED) is 0.639. The van der Waals surface area contributed by atoms with Crippen molar-refractivity contribution in [3.05, 3.63) is 44.2 Å². The molecule has 1 aromatic heterocycles. The van der Waals surface area contributed by atoms with Gasteiger partial charge in [-0.25, -0.2) is 4.79 Å². The summed E-state index contributed by atoms with van der Waals surface area (Å²) in [7, 11) is 1.44. The van der Waals surface area contributed by atoms with E-state index < -0.39 is 16.8 Å². The number of carboxylic acids is 1. The minimum Gasteiger partial charge on any atom is -0.496 e. The van der Waals surface area contributed by atoms with Crippen molar-refractivity contribution in [1.82, 2.24) is 14.8 Å². The average molecular weight is 357 g/mol. The van der Waals surface area contributed by atoms with Gasteiger partial charge >= 0.3 is 11.9 Å². The smallest absolute Gasteiger partial charge is 0.492 e. The van der Waals surface area contributed by atoms with Crippen LogP contribution in [0.1, 0.15) is 15.9 Å². The van der Waals surface area contributed by atoms with Crippen LogP contribution in [0.2, 0.25) is 0 Å². The summed E-state index contributed by atoms with van der Waals surface area (Å²) in [6.07, 6.45) is 0. The summed E-state index contributed by atoms with van der Waals surface area (Å²) in [5.74, 6) is -1.18. The molecule has 0 saturated carbocycles. The molecule has 0 fully saturated rings. The molecule has 0 aliphatic heterocycles. The number of halogens is 1. The van der Waals surface area contributed by atoms with Gasteiger partial charge in [-0.15, -0.1) is 0 Å². The van der Waals surface area contributed by atoms with Gasteiger partial charge < -0.3 is 20.0 Å². The Labute approximate surface area is 126 Å². The maximum Gasteiger partial charge on any atom is 0.492 e. The molecule has 0 radical (unpaired) electrons. The summed E-state index contributed by atoms with van der Waals surface area (Å²) >= 11 is 3.06. The Morgan fingerprint density at radius 3 is 2.81 bits per heavy atom. The second-order valence-electron chi connectivity index (χ2n) is 3.93. The molecule has 0 aliphatic rings. The molecule has 2 aromatic rings. The normalized spacial score (nSPS) is 10.4. The number of carbonyl (C=O) groups is 1. The summed E-state index contributed by atoms with van der Waals surface area (Å²) in [4.78, 5) is 24.5. The largest absolute Gasteiger partial charge is 0.496 e. The van der Waals surface area contributed by atoms with Gasteiger partial charge in [0.15, 0.2) is 0 Å². The predicted octanol–water partition coefficient (Wildman–Crippen LogP) is 1.70. The van der Waals surface area contributed by atoms with E-state index in [1.807, 2.05) is 0 Å². The van der Waals surface area contributed by atoms with Crippen molar-refractivity contribution in [2.45, 2.75) is 6.54 Å². The van der Waals surface area contributed by atoms with Crippen LogP contribution in [0.3, 0.4) is 0 Å². The Bertz CT molecular complexity index is 715. The molecule has 10 heteroatoms. The Hall–Kier alpha value is -2.49. The summed E-state index contributed by atoms with van der Waals surface area (Å²) < 4.78 is 6.54. The first-order valence-electron chi connectivity index (χ1n) is 5.57. The van der Waals surface area contributed by atoms with E-state index >= 15 is 0 Å². The van der Waals surface area contributed by atoms with E-state index in [9.17, 15) is 14.9 Å². The molecule has 110 valence electrons. The van der Waals surface area contributed by atoms with E-state index in [1.165, 1.54) is 30.0 Å². The van der Waals surface area contributed by atoms with Crippen molar-refractivity contribution in [2.75, 3.05) is 7.11 Å². The lowest BCUT2D eigenvalue weighted by molar-refractivity contribution is -0.394. The van der Waals surface area contributed by atoms with Crippen LogP contribution < -0.4 is 4.74 Å². The van der Waals surface area contributed by atoms with Crippen molar-refractivity contribution in [3.63, 3.8) is 0 Å². The molecular weight excluding hydrogens is 348 g/mol. The fourth-order valence-corrected chi connectivity index (χ4v) is 2.05. The van der Waals surface area contributed by atoms with Gasteiger partial charge in [-0.1, -0.05) is 0 Å². The molecule has 1 heterocycles. The monoisotopic (exact) mass is 356 g/mol. The van der Waals surface area contributed by atoms with E-state index in [1.54, 1.807) is 0 Å². The van der Waals surface area contributed by atoms with Gasteiger partial charge in [0, 0.05) is 26.6 Å². The Balaban J connectivity index is 2.40. The summed E-state index contributed by atoms with van der Waals surface area (Å²) in [5.41, 5.74) is 0.592. The van der Waals surface area contributed by atoms with Crippen LogP contribution in [0.4, 0.5) is 5.95 Å². The topological polar surface area (TPSA) is 120 Å². The Morgan fingerprint density at radius 2 is 2.29 bits per heavy atom. The summed E-state index contributed by atoms with van der Waals surface area (Å²) in [6, 6.07) is 4.34. The zero-order chi connectivity index (χ0) is 15.6. The summed E-state index contributed by atoms with van der Waals surface area (Å²) in [6.45, 7) is 0.0751. The van der Waals surface area contributed by atoms with E-state index in [0.29, 0.717) is 11.3 Å². The number of nitrogens with zero attached hydrogens (tertiary/aromatic N) is 4. The molecule has 1 N–H and O–H groups in total. The molecule has 21 heavy (non-hydrogen) atoms. The molecule has 0 bridgehead atoms. The van der Waals surface area contributed by atoms with Crippen molar-refractivity contribution in [2.24, 2.45) is 0 Å². The van der Waals surface area contributed by atoms with E-state index in [2.05, 4.69) is 26.0 Å². The van der Waals surface area contributed by atoms with Crippen molar-refractivity contribution < 1.29 is 19.6 Å². The average Bonchev–Trinajstić information content (AvgIpc) is 2.80. The standard InChI is InChI=1S/C11H9BrN4O5/c1-21-8-3-2-6(9(17)18)4-7(8)5-15-10(12)13-11(14-15)16(19)20/h2-4H,5H2,1H3,(H,17,18). The summed E-state index contributed by atoms with van der Waals surface area (Å²) in [5, 5.41) is 23.3. The van der Waals surface area contributed by atoms with E-state index in [0.717, 1.165) is 0 Å². The lowest BCUT2D eigenvalue weighted by Gasteiger charge is -2.08. The van der Waals surface area contributed by atoms with Gasteiger partial charge in [-0.05, 0) is 28.1 Å². The van der Waals surface area contributed by atoms with Gasteiger partial charge in [0.25, 0.3) is 4.73 Å². The van der Waals surface area contributed by atoms with Crippen LogP contribution in [-0.2, 0) is 6.54 Å². The second kappa shape index (κ2) is 5.87. The number of aromatic nitrogens is 3. The number of hydrogen-bond donors (Lipinski definition) is 1. The third-order valence-corrected chi connectivity index (χ3v) is 3.21. The number of nitro groups is 1. The molecule has 9 nitrogen and oxygen atoms in total. The number of ether oxygens (including phenoxy) is 1. The molecule has 0 aliphatic carbocycles. The van der Waals surface area contributed by atoms with Gasteiger partial charge in [-0.3, -0.25) is 0 Å². The molecule has 0 spiro atoms. The Kier molecular flexibility index (Phi) is 4.17. The SMILES string of the molecule is COc1ccc(C(=O)O)cc1Cn1nc([N+](=O)[O-])nc1Br. The number of methoxy groups -OCH3 is 1. The van der Waals surface area contributed by atoms with Crippen LogP contribution in [0.15, 0.2) is 22.9 Å². The van der Waals surface area contributed by atoms with Crippen LogP contribution in [-0.4, -0.2) is 37.9 Å². The first-order valence-corrected chi connectivity index (χ1v) is 6.36. The number of aromatic carboxylic acids is 1. The highest BCUT2D eigenvalue weighted by molar-refractivity contribution is 9.10. The number of rotatable bonds is 5. The molecule has 1 aromatic carbocycles. The van der Waals surface area contributed by atoms with E-state index in [4.69, 9.17) is 9.84 Å². The first-order chi connectivity index (χ1) is 9.92. The van der Waals surface area contributed by atoms with Gasteiger partial charge in [0.05, 0.1) is 19.2 Å². The highest BCUT2D eigenvalue weighted by Crippen LogP contribution is 2.23. The minimum atomic E-state index is -1.08. The van der Waals surface area contributed by atoms with E-state index in [-0.39, 0.29) is 16.8 Å². The minimum absolute atomic E-state index is 0.0751. The highest BCUT2D eigenvalue weighted by Gasteiger charge is 2.21. The lowest BCUT2D eigenvalue weighted by atomic mass is 10.1. The predicted molar refractivity (Wildman–Crippen MR) is 73.4 cm³/mol. The third kappa shape index (κ3) is 3.16. The van der Waals surface area contributed by atoms with Crippen LogP contribution in [0.25, 0.3) is 0 Å². The third-order valence-electron chi connectivity index (χ3n) is 2.63. The van der Waals surface area contributed by atoms with Crippen molar-refractivity contribution >= 4 is 27.8 Å². The fraction of sp³-hybridized carbons (Fsp3) is 0.182. The fourth-order valence-electron chi connectivity index (χ4n) is 1.69. The van der Waals surface area contributed by atoms with Gasteiger partial charge in [-0.2, -0.15) is 4.68 Å². The molecule has 0 saturated heterocycles. The van der Waals surface area contributed by atoms with Crippen LogP contribution in [0.5, 0.6) is 5.75 Å². The molecule has 0 atom stereocenters. The molecule has 2 rings (SSSR count). The molecule has 0 amide bonds. The molecular formula is C11H9BrN4O5. The zero-order valence-corrected chi connectivity index (χ0v) is 12.3. The number of hydrogen-bond acceptors (Lipinski definition) is 6. The maximum atomic E-state index is 11.0. The molecule has 0 unspecified atom stereocenters. The van der Waals surface area contributed by atoms with Crippen LogP contribution >= 0.6 is 15.9 Å². The number of benzene rings is 1. The second-order valence-corrected chi connectivity index (χ2v) is 4.64. The lowest BCUT2D eigenvalue weighted by Crippen LogP contribution is -2.06. The Morgan fingerprint density at radius 1 is 1.57 bits per heavy atom. The van der Waals surface area contributed by atoms with Crippen molar-refractivity contribution in [3.8, 4) is 5.75 Å². The first kappa shape index (κ1) is 14.9. The van der Waals surface area contributed by atoms with Gasteiger partial charge in [0.2, 0.25) is 0 Å². The number of carboxylic acid groups (broad SMARTS) is 1. The maximum absolute atomic E-state index is 11.0. The zero-order valence-electron chi connectivity index (χ0n) is 10.7.